The van der Waals surface area contributed by atoms with Crippen molar-refractivity contribution in [3.05, 3.63) is 259 Å². The third-order valence-electron chi connectivity index (χ3n) is 12.9. The first-order valence-corrected chi connectivity index (χ1v) is 20.8. The van der Waals surface area contributed by atoms with Crippen molar-refractivity contribution in [1.82, 2.24) is 0 Å². The number of fused-ring (bicyclic) bond motifs is 11. The highest BCUT2D eigenvalue weighted by molar-refractivity contribution is 6.02. The quantitative estimate of drug-likeness (QED) is 0.163. The Morgan fingerprint density at radius 2 is 0.767 bits per heavy atom. The molecule has 2 aliphatic carbocycles. The lowest BCUT2D eigenvalue weighted by Gasteiger charge is -2.32. The largest absolute Gasteiger partial charge is 0.310 e. The van der Waals surface area contributed by atoms with Gasteiger partial charge in [-0.15, -0.1) is 0 Å². The van der Waals surface area contributed by atoms with Crippen molar-refractivity contribution in [2.45, 2.75) is 5.41 Å². The molecule has 10 aromatic carbocycles. The lowest BCUT2D eigenvalue weighted by Crippen LogP contribution is -2.26. The average molecular weight is 762 g/mol. The Hall–Kier alpha value is -7.74. The summed E-state index contributed by atoms with van der Waals surface area (Å²) >= 11 is 0. The molecule has 1 spiro atoms. The third kappa shape index (κ3) is 5.13. The van der Waals surface area contributed by atoms with Gasteiger partial charge in [-0.2, -0.15) is 0 Å². The molecule has 0 N–H and O–H groups in total. The van der Waals surface area contributed by atoms with Gasteiger partial charge in [-0.05, 0) is 119 Å². The lowest BCUT2D eigenvalue weighted by molar-refractivity contribution is 0.794. The van der Waals surface area contributed by atoms with Crippen molar-refractivity contribution < 1.29 is 0 Å². The smallest absolute Gasteiger partial charge is 0.0726 e. The van der Waals surface area contributed by atoms with Crippen molar-refractivity contribution in [1.29, 1.82) is 0 Å². The van der Waals surface area contributed by atoms with Gasteiger partial charge < -0.3 is 4.90 Å². The molecule has 60 heavy (non-hydrogen) atoms. The summed E-state index contributed by atoms with van der Waals surface area (Å²) in [6.07, 6.45) is 0. The number of hydrogen-bond acceptors (Lipinski definition) is 1. The Labute approximate surface area is 351 Å². The van der Waals surface area contributed by atoms with E-state index in [9.17, 15) is 0 Å². The molecule has 12 rings (SSSR count). The standard InChI is InChI=1S/C59H39N/c1-3-15-40(16-4-1)42-29-34-46(35-30-42)60(47-36-31-44(32-37-47)49-24-13-20-43-19-7-8-21-48(43)49)57-28-14-27-55-58(57)52-23-10-12-26-54(52)59(55)53-25-11-9-22-50(53)51-38-33-45(39-56(51)59)41-17-5-2-6-18-41/h1-39H. The summed E-state index contributed by atoms with van der Waals surface area (Å²) in [5, 5.41) is 2.51. The van der Waals surface area contributed by atoms with Crippen molar-refractivity contribution in [2.75, 3.05) is 4.90 Å². The Morgan fingerprint density at radius 1 is 0.283 bits per heavy atom. The van der Waals surface area contributed by atoms with Crippen molar-refractivity contribution in [2.24, 2.45) is 0 Å². The average Bonchev–Trinajstić information content (AvgIpc) is 3.80. The van der Waals surface area contributed by atoms with Crippen LogP contribution in [0.5, 0.6) is 0 Å². The van der Waals surface area contributed by atoms with Crippen molar-refractivity contribution >= 4 is 27.8 Å². The summed E-state index contributed by atoms with van der Waals surface area (Å²) in [6.45, 7) is 0. The maximum absolute atomic E-state index is 2.47. The number of anilines is 3. The van der Waals surface area contributed by atoms with Crippen LogP contribution in [0.3, 0.4) is 0 Å². The first kappa shape index (κ1) is 34.3. The van der Waals surface area contributed by atoms with Crippen LogP contribution in [0.1, 0.15) is 22.3 Å². The van der Waals surface area contributed by atoms with E-state index in [0.29, 0.717) is 0 Å². The molecule has 0 fully saturated rings. The predicted octanol–water partition coefficient (Wildman–Crippen LogP) is 15.7. The molecule has 0 aromatic heterocycles. The van der Waals surface area contributed by atoms with Crippen molar-refractivity contribution in [3.63, 3.8) is 0 Å². The molecule has 0 heterocycles. The molecule has 0 radical (unpaired) electrons. The summed E-state index contributed by atoms with van der Waals surface area (Å²) in [6, 6.07) is 87.3. The molecule has 0 aliphatic heterocycles. The number of rotatable bonds is 6. The van der Waals surface area contributed by atoms with Gasteiger partial charge in [0.15, 0.2) is 0 Å². The van der Waals surface area contributed by atoms with E-state index in [2.05, 4.69) is 241 Å². The van der Waals surface area contributed by atoms with Gasteiger partial charge in [0.05, 0.1) is 11.1 Å². The molecule has 2 aliphatic rings. The van der Waals surface area contributed by atoms with Crippen LogP contribution in [0.25, 0.3) is 66.4 Å². The van der Waals surface area contributed by atoms with E-state index in [1.54, 1.807) is 0 Å². The fourth-order valence-electron chi connectivity index (χ4n) is 10.3. The first-order valence-electron chi connectivity index (χ1n) is 20.8. The van der Waals surface area contributed by atoms with Crippen molar-refractivity contribution in [3.8, 4) is 55.6 Å². The third-order valence-corrected chi connectivity index (χ3v) is 12.9. The molecular weight excluding hydrogens is 723 g/mol. The van der Waals surface area contributed by atoms with Crippen LogP contribution in [-0.4, -0.2) is 0 Å². The minimum atomic E-state index is -0.486. The Kier molecular flexibility index (Phi) is 7.83. The van der Waals surface area contributed by atoms with Crippen LogP contribution in [0, 0.1) is 0 Å². The van der Waals surface area contributed by atoms with Crippen LogP contribution < -0.4 is 4.90 Å². The first-order chi connectivity index (χ1) is 29.8. The molecule has 0 saturated heterocycles. The second-order valence-electron chi connectivity index (χ2n) is 16.0. The summed E-state index contributed by atoms with van der Waals surface area (Å²) in [4.78, 5) is 2.47. The van der Waals surface area contributed by atoms with Gasteiger partial charge in [-0.1, -0.05) is 200 Å². The fraction of sp³-hybridized carbons (Fsp3) is 0.0169. The topological polar surface area (TPSA) is 3.24 Å². The molecule has 1 heteroatoms. The SMILES string of the molecule is c1ccc(-c2ccc(N(c3ccc(-c4cccc5ccccc45)cc3)c3cccc4c3-c3ccccc3C43c4ccccc4-c4ccc(-c5ccccc5)cc43)cc2)cc1. The molecule has 1 nitrogen and oxygen atoms in total. The van der Waals surface area contributed by atoms with Gasteiger partial charge in [0.25, 0.3) is 0 Å². The highest BCUT2D eigenvalue weighted by Crippen LogP contribution is 2.65. The van der Waals surface area contributed by atoms with Crippen LogP contribution in [0.2, 0.25) is 0 Å². The molecule has 280 valence electrons. The predicted molar refractivity (Wildman–Crippen MR) is 251 cm³/mol. The second-order valence-corrected chi connectivity index (χ2v) is 16.0. The molecule has 1 atom stereocenters. The number of hydrogen-bond donors (Lipinski definition) is 0. The molecule has 10 aromatic rings. The van der Waals surface area contributed by atoms with Gasteiger partial charge in [0, 0.05) is 16.9 Å². The molecule has 0 amide bonds. The van der Waals surface area contributed by atoms with Gasteiger partial charge >= 0.3 is 0 Å². The highest BCUT2D eigenvalue weighted by atomic mass is 15.1. The van der Waals surface area contributed by atoms with Gasteiger partial charge in [0.2, 0.25) is 0 Å². The van der Waals surface area contributed by atoms with Crippen LogP contribution in [-0.2, 0) is 5.41 Å². The summed E-state index contributed by atoms with van der Waals surface area (Å²) in [7, 11) is 0. The van der Waals surface area contributed by atoms with Gasteiger partial charge in [-0.3, -0.25) is 0 Å². The Bertz CT molecular complexity index is 3230. The number of benzene rings is 10. The number of nitrogens with zero attached hydrogens (tertiary/aromatic N) is 1. The van der Waals surface area contributed by atoms with E-state index < -0.39 is 5.41 Å². The van der Waals surface area contributed by atoms with Crippen LogP contribution >= 0.6 is 0 Å². The van der Waals surface area contributed by atoms with E-state index in [4.69, 9.17) is 0 Å². The van der Waals surface area contributed by atoms with E-state index >= 15 is 0 Å². The summed E-state index contributed by atoms with van der Waals surface area (Å²) in [5.41, 5.74) is 20.7. The van der Waals surface area contributed by atoms with Crippen LogP contribution in [0.15, 0.2) is 237 Å². The minimum Gasteiger partial charge on any atom is -0.310 e. The monoisotopic (exact) mass is 761 g/mol. The van der Waals surface area contributed by atoms with E-state index in [-0.39, 0.29) is 0 Å². The van der Waals surface area contributed by atoms with E-state index in [1.165, 1.54) is 88.7 Å². The Morgan fingerprint density at radius 3 is 1.50 bits per heavy atom. The van der Waals surface area contributed by atoms with E-state index in [1.807, 2.05) is 0 Å². The summed E-state index contributed by atoms with van der Waals surface area (Å²) < 4.78 is 0. The molecular formula is C59H39N. The zero-order valence-electron chi connectivity index (χ0n) is 33.0. The normalized spacial score (nSPS) is 14.4. The molecule has 1 unspecified atom stereocenters. The Balaban J connectivity index is 1.09. The zero-order valence-corrected chi connectivity index (χ0v) is 33.0. The second kappa shape index (κ2) is 13.7. The maximum atomic E-state index is 2.47. The molecule has 0 saturated carbocycles. The minimum absolute atomic E-state index is 0.486. The fourth-order valence-corrected chi connectivity index (χ4v) is 10.3. The van der Waals surface area contributed by atoms with Gasteiger partial charge in [0.1, 0.15) is 0 Å². The highest BCUT2D eigenvalue weighted by Gasteiger charge is 2.52. The lowest BCUT2D eigenvalue weighted by atomic mass is 9.70. The maximum Gasteiger partial charge on any atom is 0.0726 e. The summed E-state index contributed by atoms with van der Waals surface area (Å²) in [5.74, 6) is 0. The van der Waals surface area contributed by atoms with Crippen LogP contribution in [0.4, 0.5) is 17.1 Å². The zero-order chi connectivity index (χ0) is 39.6. The molecule has 0 bridgehead atoms. The van der Waals surface area contributed by atoms with E-state index in [0.717, 1.165) is 17.1 Å². The van der Waals surface area contributed by atoms with Gasteiger partial charge in [-0.25, -0.2) is 0 Å².